The lowest BCUT2D eigenvalue weighted by molar-refractivity contribution is -0.158. The minimum atomic E-state index is -0.825. The Labute approximate surface area is 142 Å². The molecule has 0 spiro atoms. The molecule has 0 saturated carbocycles. The van der Waals surface area contributed by atoms with Crippen molar-refractivity contribution < 1.29 is 19.1 Å². The Morgan fingerprint density at radius 3 is 2.70 bits per heavy atom. The normalized spacial score (nSPS) is 15.8. The van der Waals surface area contributed by atoms with E-state index in [4.69, 9.17) is 4.74 Å². The van der Waals surface area contributed by atoms with Crippen LogP contribution in [0.1, 0.15) is 26.2 Å². The highest BCUT2D eigenvalue weighted by Gasteiger charge is 2.39. The lowest BCUT2D eigenvalue weighted by Crippen LogP contribution is -2.45. The third-order valence-electron chi connectivity index (χ3n) is 3.22. The third kappa shape index (κ3) is 4.97. The molecule has 1 saturated heterocycles. The number of likely N-dealkylation sites (tertiary alicyclic amines) is 1. The summed E-state index contributed by atoms with van der Waals surface area (Å²) >= 11 is 0. The van der Waals surface area contributed by atoms with Crippen LogP contribution in [0.15, 0.2) is 29.4 Å². The van der Waals surface area contributed by atoms with Crippen LogP contribution in [0.5, 0.6) is 0 Å². The van der Waals surface area contributed by atoms with Crippen molar-refractivity contribution in [2.24, 2.45) is 0 Å². The number of aromatic nitrogens is 1. The van der Waals surface area contributed by atoms with E-state index < -0.39 is 12.0 Å². The minimum Gasteiger partial charge on any atom is -0.464 e. The van der Waals surface area contributed by atoms with Crippen LogP contribution >= 0.6 is 21.6 Å². The highest BCUT2D eigenvalue weighted by Crippen LogP contribution is 2.30. The summed E-state index contributed by atoms with van der Waals surface area (Å²) in [6, 6.07) is 4.82. The summed E-state index contributed by atoms with van der Waals surface area (Å²) < 4.78 is 5.01. The molecule has 6 nitrogen and oxygen atoms in total. The number of pyridine rings is 1. The first-order valence-electron chi connectivity index (χ1n) is 7.35. The van der Waals surface area contributed by atoms with Crippen molar-refractivity contribution >= 4 is 39.4 Å². The fraction of sp³-hybridized carbons (Fsp3) is 0.467. The van der Waals surface area contributed by atoms with Crippen LogP contribution in [0.3, 0.4) is 0 Å². The Bertz CT molecular complexity index is 552. The Hall–Kier alpha value is -1.54. The maximum absolute atomic E-state index is 12.1. The number of rotatable bonds is 8. The predicted molar refractivity (Wildman–Crippen MR) is 88.7 cm³/mol. The van der Waals surface area contributed by atoms with Gasteiger partial charge in [-0.3, -0.25) is 14.5 Å². The van der Waals surface area contributed by atoms with E-state index in [2.05, 4.69) is 4.98 Å². The van der Waals surface area contributed by atoms with E-state index in [0.717, 1.165) is 9.93 Å². The molecule has 124 valence electrons. The van der Waals surface area contributed by atoms with Crippen LogP contribution in [-0.2, 0) is 19.1 Å². The van der Waals surface area contributed by atoms with E-state index in [1.165, 1.54) is 21.6 Å². The quantitative estimate of drug-likeness (QED) is 0.307. The van der Waals surface area contributed by atoms with E-state index >= 15 is 0 Å². The number of hydrogen-bond acceptors (Lipinski definition) is 7. The second kappa shape index (κ2) is 8.93. The van der Waals surface area contributed by atoms with Crippen molar-refractivity contribution in [2.75, 3.05) is 12.4 Å². The summed E-state index contributed by atoms with van der Waals surface area (Å²) in [5.41, 5.74) is 0. The van der Waals surface area contributed by atoms with Gasteiger partial charge < -0.3 is 4.74 Å². The van der Waals surface area contributed by atoms with Gasteiger partial charge in [0.15, 0.2) is 0 Å². The molecule has 1 atom stereocenters. The predicted octanol–water partition coefficient (Wildman–Crippen LogP) is 2.29. The highest BCUT2D eigenvalue weighted by molar-refractivity contribution is 8.76. The SMILES string of the molecule is CCOC(=O)C(CCSSc1ccccn1)N1C(=O)CCC1=O. The Kier molecular flexibility index (Phi) is 6.91. The van der Waals surface area contributed by atoms with Gasteiger partial charge >= 0.3 is 5.97 Å². The van der Waals surface area contributed by atoms with Crippen molar-refractivity contribution in [3.8, 4) is 0 Å². The Morgan fingerprint density at radius 1 is 1.35 bits per heavy atom. The molecule has 1 fully saturated rings. The molecule has 0 N–H and O–H groups in total. The summed E-state index contributed by atoms with van der Waals surface area (Å²) in [6.07, 6.45) is 2.43. The van der Waals surface area contributed by atoms with Gasteiger partial charge in [0.1, 0.15) is 11.1 Å². The van der Waals surface area contributed by atoms with Crippen LogP contribution in [-0.4, -0.2) is 46.1 Å². The summed E-state index contributed by atoms with van der Waals surface area (Å²) in [6.45, 7) is 1.93. The van der Waals surface area contributed by atoms with Gasteiger partial charge in [-0.05, 0) is 36.3 Å². The third-order valence-corrected chi connectivity index (χ3v) is 5.52. The van der Waals surface area contributed by atoms with Crippen molar-refractivity contribution in [3.05, 3.63) is 24.4 Å². The first-order chi connectivity index (χ1) is 11.1. The van der Waals surface area contributed by atoms with E-state index in [1.54, 1.807) is 13.1 Å². The topological polar surface area (TPSA) is 76.6 Å². The molecule has 2 amide bonds. The first kappa shape index (κ1) is 17.8. The molecule has 1 unspecified atom stereocenters. The molecule has 1 aliphatic heterocycles. The van der Waals surface area contributed by atoms with Crippen molar-refractivity contribution in [2.45, 2.75) is 37.3 Å². The van der Waals surface area contributed by atoms with Crippen molar-refractivity contribution in [1.29, 1.82) is 0 Å². The zero-order valence-corrected chi connectivity index (χ0v) is 14.4. The number of esters is 1. The second-order valence-electron chi connectivity index (χ2n) is 4.79. The van der Waals surface area contributed by atoms with Crippen LogP contribution in [0, 0.1) is 0 Å². The molecule has 0 radical (unpaired) electrons. The number of hydrogen-bond donors (Lipinski definition) is 0. The zero-order valence-electron chi connectivity index (χ0n) is 12.8. The summed E-state index contributed by atoms with van der Waals surface area (Å²) in [7, 11) is 3.03. The smallest absolute Gasteiger partial charge is 0.329 e. The molecule has 0 aliphatic carbocycles. The standard InChI is InChI=1S/C15H18N2O4S2/c1-2-21-15(20)11(17-13(18)6-7-14(17)19)8-10-22-23-12-5-3-4-9-16-12/h3-5,9,11H,2,6-8,10H2,1H3. The van der Waals surface area contributed by atoms with Gasteiger partial charge in [-0.2, -0.15) is 0 Å². The molecule has 0 aromatic carbocycles. The van der Waals surface area contributed by atoms with Gasteiger partial charge in [-0.25, -0.2) is 9.78 Å². The van der Waals surface area contributed by atoms with E-state index in [-0.39, 0.29) is 31.3 Å². The van der Waals surface area contributed by atoms with Crippen LogP contribution in [0.2, 0.25) is 0 Å². The van der Waals surface area contributed by atoms with Gasteiger partial charge in [-0.1, -0.05) is 16.9 Å². The lowest BCUT2D eigenvalue weighted by Gasteiger charge is -2.24. The van der Waals surface area contributed by atoms with Gasteiger partial charge in [0, 0.05) is 24.8 Å². The zero-order chi connectivity index (χ0) is 16.7. The second-order valence-corrected chi connectivity index (χ2v) is 7.22. The van der Waals surface area contributed by atoms with Gasteiger partial charge in [0.05, 0.1) is 6.61 Å². The van der Waals surface area contributed by atoms with Crippen LogP contribution < -0.4 is 0 Å². The maximum Gasteiger partial charge on any atom is 0.329 e. The number of carbonyl (C=O) groups is 3. The van der Waals surface area contributed by atoms with E-state index in [9.17, 15) is 14.4 Å². The molecule has 1 aliphatic rings. The van der Waals surface area contributed by atoms with Gasteiger partial charge in [0.25, 0.3) is 0 Å². The van der Waals surface area contributed by atoms with Crippen LogP contribution in [0.4, 0.5) is 0 Å². The molecule has 23 heavy (non-hydrogen) atoms. The number of amides is 2. The number of nitrogens with zero attached hydrogens (tertiary/aromatic N) is 2. The number of carbonyl (C=O) groups excluding carboxylic acids is 3. The summed E-state index contributed by atoms with van der Waals surface area (Å²) in [5.74, 6) is -0.507. The van der Waals surface area contributed by atoms with Crippen molar-refractivity contribution in [1.82, 2.24) is 9.88 Å². The molecule has 0 bridgehead atoms. The fourth-order valence-corrected chi connectivity index (χ4v) is 4.15. The molecule has 2 heterocycles. The maximum atomic E-state index is 12.1. The molecule has 1 aromatic heterocycles. The summed E-state index contributed by atoms with van der Waals surface area (Å²) in [5, 5.41) is 0.874. The monoisotopic (exact) mass is 354 g/mol. The summed E-state index contributed by atoms with van der Waals surface area (Å²) in [4.78, 5) is 41.1. The molecular weight excluding hydrogens is 336 g/mol. The number of imide groups is 1. The molecular formula is C15H18N2O4S2. The fourth-order valence-electron chi connectivity index (χ4n) is 2.19. The Balaban J connectivity index is 1.91. The largest absolute Gasteiger partial charge is 0.464 e. The van der Waals surface area contributed by atoms with Gasteiger partial charge in [0.2, 0.25) is 11.8 Å². The number of ether oxygens (including phenoxy) is 1. The molecule has 1 aromatic rings. The lowest BCUT2D eigenvalue weighted by atomic mass is 10.2. The average Bonchev–Trinajstić information content (AvgIpc) is 2.88. The molecule has 8 heteroatoms. The minimum absolute atomic E-state index is 0.171. The Morgan fingerprint density at radius 2 is 2.09 bits per heavy atom. The van der Waals surface area contributed by atoms with Crippen LogP contribution in [0.25, 0.3) is 0 Å². The van der Waals surface area contributed by atoms with E-state index in [1.807, 2.05) is 18.2 Å². The molecule has 2 rings (SSSR count). The van der Waals surface area contributed by atoms with E-state index in [0.29, 0.717) is 12.2 Å². The average molecular weight is 354 g/mol. The first-order valence-corrected chi connectivity index (χ1v) is 9.67. The van der Waals surface area contributed by atoms with Gasteiger partial charge in [-0.15, -0.1) is 0 Å². The van der Waals surface area contributed by atoms with Crippen molar-refractivity contribution in [3.63, 3.8) is 0 Å². The highest BCUT2D eigenvalue weighted by atomic mass is 33.1.